The summed E-state index contributed by atoms with van der Waals surface area (Å²) in [6.07, 6.45) is 8.39. The quantitative estimate of drug-likeness (QED) is 0.805. The lowest BCUT2D eigenvalue weighted by Gasteiger charge is -2.36. The van der Waals surface area contributed by atoms with E-state index < -0.39 is 0 Å². The van der Waals surface area contributed by atoms with E-state index in [-0.39, 0.29) is 6.04 Å². The first-order valence-corrected chi connectivity index (χ1v) is 6.16. The molecule has 1 saturated carbocycles. The van der Waals surface area contributed by atoms with Gasteiger partial charge in [-0.1, -0.05) is 0 Å². The molecule has 1 aromatic rings. The van der Waals surface area contributed by atoms with Gasteiger partial charge in [-0.2, -0.15) is 0 Å². The van der Waals surface area contributed by atoms with Crippen LogP contribution in [0.2, 0.25) is 0 Å². The zero-order valence-electron chi connectivity index (χ0n) is 9.89. The second kappa shape index (κ2) is 5.51. The molecule has 1 aliphatic rings. The molecular weight excluding hydrogens is 202 g/mol. The van der Waals surface area contributed by atoms with E-state index in [9.17, 15) is 0 Å². The maximum atomic E-state index is 6.11. The highest BCUT2D eigenvalue weighted by molar-refractivity contribution is 5.07. The Balaban J connectivity index is 1.64. The van der Waals surface area contributed by atoms with Gasteiger partial charge in [0.15, 0.2) is 0 Å². The molecule has 0 radical (unpaired) electrons. The molecule has 1 heterocycles. The Labute approximate surface area is 97.0 Å². The summed E-state index contributed by atoms with van der Waals surface area (Å²) in [6.45, 7) is 2.89. The smallest absolute Gasteiger partial charge is 0.0935 e. The van der Waals surface area contributed by atoms with Crippen molar-refractivity contribution < 1.29 is 9.15 Å². The summed E-state index contributed by atoms with van der Waals surface area (Å²) >= 11 is 0. The van der Waals surface area contributed by atoms with Crippen molar-refractivity contribution in [3.05, 3.63) is 24.2 Å². The molecule has 90 valence electrons. The van der Waals surface area contributed by atoms with Crippen LogP contribution in [0.3, 0.4) is 0 Å². The zero-order chi connectivity index (χ0) is 11.4. The predicted molar refractivity (Wildman–Crippen MR) is 63.1 cm³/mol. The van der Waals surface area contributed by atoms with Gasteiger partial charge in [-0.25, -0.2) is 0 Å². The molecule has 1 aromatic heterocycles. The molecule has 3 nitrogen and oxygen atoms in total. The van der Waals surface area contributed by atoms with Crippen molar-refractivity contribution in [3.8, 4) is 0 Å². The van der Waals surface area contributed by atoms with E-state index in [1.54, 1.807) is 12.5 Å². The van der Waals surface area contributed by atoms with E-state index in [0.29, 0.717) is 6.10 Å². The molecule has 1 fully saturated rings. The highest BCUT2D eigenvalue weighted by Crippen LogP contribution is 2.33. The Morgan fingerprint density at radius 3 is 3.00 bits per heavy atom. The Hall–Kier alpha value is -0.800. The number of rotatable bonds is 6. The molecule has 0 bridgehead atoms. The molecule has 0 spiro atoms. The SMILES string of the molecule is CCOC1CC(CC(N)Cc2ccoc2)C1. The summed E-state index contributed by atoms with van der Waals surface area (Å²) in [5, 5.41) is 0. The van der Waals surface area contributed by atoms with Crippen molar-refractivity contribution in [1.82, 2.24) is 0 Å². The van der Waals surface area contributed by atoms with Crippen molar-refractivity contribution in [2.75, 3.05) is 6.61 Å². The maximum absolute atomic E-state index is 6.11. The summed E-state index contributed by atoms with van der Waals surface area (Å²) in [7, 11) is 0. The van der Waals surface area contributed by atoms with Gasteiger partial charge in [-0.15, -0.1) is 0 Å². The van der Waals surface area contributed by atoms with Crippen LogP contribution in [0.25, 0.3) is 0 Å². The van der Waals surface area contributed by atoms with E-state index in [1.807, 2.05) is 6.07 Å². The van der Waals surface area contributed by atoms with Crippen LogP contribution in [0.15, 0.2) is 23.0 Å². The molecule has 0 aromatic carbocycles. The topological polar surface area (TPSA) is 48.4 Å². The number of nitrogens with two attached hydrogens (primary N) is 1. The van der Waals surface area contributed by atoms with Gasteiger partial charge in [0.1, 0.15) is 0 Å². The number of furan rings is 1. The Kier molecular flexibility index (Phi) is 4.02. The molecule has 2 rings (SSSR count). The standard InChI is InChI=1S/C13H21NO2/c1-2-16-13-7-11(8-13)6-12(14)5-10-3-4-15-9-10/h3-4,9,11-13H,2,5-8,14H2,1H3. The second-order valence-electron chi connectivity index (χ2n) is 4.75. The highest BCUT2D eigenvalue weighted by Gasteiger charge is 2.30. The monoisotopic (exact) mass is 223 g/mol. The van der Waals surface area contributed by atoms with Gasteiger partial charge >= 0.3 is 0 Å². The maximum Gasteiger partial charge on any atom is 0.0935 e. The van der Waals surface area contributed by atoms with Gasteiger partial charge in [0.25, 0.3) is 0 Å². The number of ether oxygens (including phenoxy) is 1. The summed E-state index contributed by atoms with van der Waals surface area (Å²) in [5.41, 5.74) is 7.31. The van der Waals surface area contributed by atoms with Crippen molar-refractivity contribution in [2.24, 2.45) is 11.7 Å². The van der Waals surface area contributed by atoms with E-state index in [0.717, 1.165) is 25.4 Å². The first kappa shape index (κ1) is 11.7. The predicted octanol–water partition coefficient (Wildman–Crippen LogP) is 2.35. The summed E-state index contributed by atoms with van der Waals surface area (Å²) in [6, 6.07) is 2.24. The summed E-state index contributed by atoms with van der Waals surface area (Å²) < 4.78 is 10.6. The molecule has 1 atom stereocenters. The highest BCUT2D eigenvalue weighted by atomic mass is 16.5. The second-order valence-corrected chi connectivity index (χ2v) is 4.75. The zero-order valence-corrected chi connectivity index (χ0v) is 9.89. The van der Waals surface area contributed by atoms with Gasteiger partial charge in [0, 0.05) is 12.6 Å². The Morgan fingerprint density at radius 2 is 2.38 bits per heavy atom. The van der Waals surface area contributed by atoms with E-state index in [2.05, 4.69) is 6.92 Å². The number of hydrogen-bond donors (Lipinski definition) is 1. The molecule has 1 unspecified atom stereocenters. The average molecular weight is 223 g/mol. The normalized spacial score (nSPS) is 26.4. The fourth-order valence-corrected chi connectivity index (χ4v) is 2.46. The van der Waals surface area contributed by atoms with Crippen LogP contribution in [0.5, 0.6) is 0 Å². The number of hydrogen-bond acceptors (Lipinski definition) is 3. The van der Waals surface area contributed by atoms with Crippen LogP contribution in [0.1, 0.15) is 31.7 Å². The minimum absolute atomic E-state index is 0.255. The first-order valence-electron chi connectivity index (χ1n) is 6.16. The van der Waals surface area contributed by atoms with Crippen molar-refractivity contribution in [2.45, 2.75) is 44.8 Å². The third-order valence-electron chi connectivity index (χ3n) is 3.31. The van der Waals surface area contributed by atoms with Crippen LogP contribution in [0, 0.1) is 5.92 Å². The Bertz CT molecular complexity index is 291. The minimum atomic E-state index is 0.255. The third-order valence-corrected chi connectivity index (χ3v) is 3.31. The fourth-order valence-electron chi connectivity index (χ4n) is 2.46. The molecule has 3 heteroatoms. The van der Waals surface area contributed by atoms with Crippen molar-refractivity contribution >= 4 is 0 Å². The lowest BCUT2D eigenvalue weighted by atomic mass is 9.77. The summed E-state index contributed by atoms with van der Waals surface area (Å²) in [5.74, 6) is 0.762. The molecular formula is C13H21NO2. The molecule has 16 heavy (non-hydrogen) atoms. The van der Waals surface area contributed by atoms with Crippen LogP contribution in [0.4, 0.5) is 0 Å². The van der Waals surface area contributed by atoms with Crippen molar-refractivity contribution in [1.29, 1.82) is 0 Å². The van der Waals surface area contributed by atoms with Crippen LogP contribution >= 0.6 is 0 Å². The third kappa shape index (κ3) is 3.09. The molecule has 0 saturated heterocycles. The van der Waals surface area contributed by atoms with E-state index in [4.69, 9.17) is 14.9 Å². The van der Waals surface area contributed by atoms with Gasteiger partial charge in [-0.3, -0.25) is 0 Å². The van der Waals surface area contributed by atoms with Crippen molar-refractivity contribution in [3.63, 3.8) is 0 Å². The lowest BCUT2D eigenvalue weighted by molar-refractivity contribution is -0.0280. The summed E-state index contributed by atoms with van der Waals surface area (Å²) in [4.78, 5) is 0. The van der Waals surface area contributed by atoms with Crippen LogP contribution in [-0.4, -0.2) is 18.8 Å². The largest absolute Gasteiger partial charge is 0.472 e. The van der Waals surface area contributed by atoms with Gasteiger partial charge in [0.05, 0.1) is 18.6 Å². The Morgan fingerprint density at radius 1 is 1.56 bits per heavy atom. The van der Waals surface area contributed by atoms with Gasteiger partial charge in [-0.05, 0) is 50.2 Å². The van der Waals surface area contributed by atoms with Crippen LogP contribution in [-0.2, 0) is 11.2 Å². The average Bonchev–Trinajstić information content (AvgIpc) is 2.67. The molecule has 1 aliphatic carbocycles. The van der Waals surface area contributed by atoms with Crippen LogP contribution < -0.4 is 5.73 Å². The van der Waals surface area contributed by atoms with Gasteiger partial charge < -0.3 is 14.9 Å². The first-order chi connectivity index (χ1) is 7.78. The minimum Gasteiger partial charge on any atom is -0.472 e. The molecule has 2 N–H and O–H groups in total. The van der Waals surface area contributed by atoms with Gasteiger partial charge in [0.2, 0.25) is 0 Å². The fraction of sp³-hybridized carbons (Fsp3) is 0.692. The van der Waals surface area contributed by atoms with E-state index >= 15 is 0 Å². The van der Waals surface area contributed by atoms with E-state index in [1.165, 1.54) is 18.4 Å². The lowest BCUT2D eigenvalue weighted by Crippen LogP contribution is -2.36. The molecule has 0 amide bonds. The molecule has 0 aliphatic heterocycles.